The minimum Gasteiger partial charge on any atom is -0.467 e. The van der Waals surface area contributed by atoms with E-state index in [0.29, 0.717) is 31.2 Å². The lowest BCUT2D eigenvalue weighted by molar-refractivity contribution is 0.151. The van der Waals surface area contributed by atoms with Crippen LogP contribution in [0.3, 0.4) is 0 Å². The number of fused-ring (bicyclic) bond motifs is 2. The topological polar surface area (TPSA) is 135 Å². The van der Waals surface area contributed by atoms with E-state index >= 15 is 0 Å². The van der Waals surface area contributed by atoms with E-state index in [1.165, 1.54) is 11.1 Å². The Hall–Kier alpha value is -5.17. The summed E-state index contributed by atoms with van der Waals surface area (Å²) in [6.45, 7) is 11.9. The highest BCUT2D eigenvalue weighted by Crippen LogP contribution is 2.38. The van der Waals surface area contributed by atoms with Crippen LogP contribution in [0.1, 0.15) is 60.4 Å². The highest BCUT2D eigenvalue weighted by Gasteiger charge is 2.27. The lowest BCUT2D eigenvalue weighted by Crippen LogP contribution is -2.44. The second-order valence-corrected chi connectivity index (χ2v) is 12.7. The molecule has 0 amide bonds. The Bertz CT molecular complexity index is 1980. The molecule has 248 valence electrons. The Morgan fingerprint density at radius 2 is 1.50 bits per heavy atom. The second-order valence-electron chi connectivity index (χ2n) is 12.7. The third kappa shape index (κ3) is 6.01. The van der Waals surface area contributed by atoms with Crippen LogP contribution in [-0.4, -0.2) is 82.8 Å². The van der Waals surface area contributed by atoms with Crippen LogP contribution in [0.2, 0.25) is 0 Å². The van der Waals surface area contributed by atoms with Gasteiger partial charge in [-0.05, 0) is 55.9 Å². The predicted molar refractivity (Wildman–Crippen MR) is 183 cm³/mol. The van der Waals surface area contributed by atoms with E-state index < -0.39 is 0 Å². The molecule has 7 heterocycles. The average Bonchev–Trinajstić information content (AvgIpc) is 3.75. The fourth-order valence-corrected chi connectivity index (χ4v) is 6.78. The van der Waals surface area contributed by atoms with Crippen LogP contribution in [0, 0.1) is 13.8 Å². The first-order chi connectivity index (χ1) is 23.3. The summed E-state index contributed by atoms with van der Waals surface area (Å²) in [5, 5.41) is 4.43. The van der Waals surface area contributed by atoms with Crippen molar-refractivity contribution in [1.29, 1.82) is 0 Å². The monoisotopic (exact) mass is 647 g/mol. The standard InChI is InChI=1S/C35H41N11O2/c1-21(2)30-31(27-19-46-33(40-20-41-46)23(4)22(27)3)42-28-7-8-29(43-32(28)30)44-11-9-26(10-12-44)45(17-24-13-36-34(47-5)37-14-24)18-25-15-38-35(48-6)39-16-25/h7-8,13-16,19-21,26,42H,9-12,17-18H2,1-6H3. The van der Waals surface area contributed by atoms with Gasteiger partial charge in [-0.15, -0.1) is 0 Å². The number of aromatic nitrogens is 9. The number of nitrogens with one attached hydrogen (secondary N) is 1. The van der Waals surface area contributed by atoms with Crippen LogP contribution in [0.15, 0.2) is 49.4 Å². The van der Waals surface area contributed by atoms with Crippen molar-refractivity contribution in [2.75, 3.05) is 32.2 Å². The number of hydrogen-bond acceptors (Lipinski definition) is 11. The predicted octanol–water partition coefficient (Wildman–Crippen LogP) is 5.28. The number of ether oxygens (including phenoxy) is 2. The van der Waals surface area contributed by atoms with E-state index in [9.17, 15) is 0 Å². The number of aromatic amines is 1. The van der Waals surface area contributed by atoms with Gasteiger partial charge < -0.3 is 19.4 Å². The molecule has 1 aliphatic heterocycles. The molecule has 6 aromatic rings. The number of methoxy groups -OCH3 is 2. The second kappa shape index (κ2) is 13.1. The van der Waals surface area contributed by atoms with Gasteiger partial charge in [0.25, 0.3) is 0 Å². The number of piperidine rings is 1. The molecule has 0 aliphatic carbocycles. The molecule has 0 spiro atoms. The lowest BCUT2D eigenvalue weighted by atomic mass is 9.95. The Labute approximate surface area is 279 Å². The van der Waals surface area contributed by atoms with E-state index in [0.717, 1.165) is 76.4 Å². The van der Waals surface area contributed by atoms with E-state index in [1.54, 1.807) is 20.5 Å². The van der Waals surface area contributed by atoms with Gasteiger partial charge >= 0.3 is 12.0 Å². The fraction of sp³-hybridized carbons (Fsp3) is 0.400. The number of anilines is 1. The Balaban J connectivity index is 1.13. The maximum atomic E-state index is 5.30. The molecule has 1 N–H and O–H groups in total. The molecule has 0 radical (unpaired) electrons. The van der Waals surface area contributed by atoms with E-state index in [2.05, 4.69) is 90.8 Å². The maximum absolute atomic E-state index is 5.30. The van der Waals surface area contributed by atoms with E-state index in [-0.39, 0.29) is 5.92 Å². The van der Waals surface area contributed by atoms with Gasteiger partial charge in [0.2, 0.25) is 0 Å². The van der Waals surface area contributed by atoms with Gasteiger partial charge in [-0.1, -0.05) is 13.8 Å². The summed E-state index contributed by atoms with van der Waals surface area (Å²) in [5.74, 6) is 1.28. The van der Waals surface area contributed by atoms with Gasteiger partial charge in [0, 0.05) is 85.5 Å². The summed E-state index contributed by atoms with van der Waals surface area (Å²) in [4.78, 5) is 35.7. The van der Waals surface area contributed by atoms with Crippen molar-refractivity contribution in [1.82, 2.24) is 49.4 Å². The average molecular weight is 648 g/mol. The summed E-state index contributed by atoms with van der Waals surface area (Å²) < 4.78 is 12.2. The van der Waals surface area contributed by atoms with Gasteiger partial charge in [-0.2, -0.15) is 5.10 Å². The molecule has 0 saturated carbocycles. The van der Waals surface area contributed by atoms with Crippen molar-refractivity contribution in [2.24, 2.45) is 0 Å². The van der Waals surface area contributed by atoms with Crippen LogP contribution < -0.4 is 14.4 Å². The molecule has 1 aliphatic rings. The van der Waals surface area contributed by atoms with Crippen molar-refractivity contribution in [3.63, 3.8) is 0 Å². The molecule has 1 saturated heterocycles. The van der Waals surface area contributed by atoms with Gasteiger partial charge in [0.1, 0.15) is 12.1 Å². The normalized spacial score (nSPS) is 14.1. The molecule has 48 heavy (non-hydrogen) atoms. The number of aryl methyl sites for hydroxylation is 1. The molecule has 0 aromatic carbocycles. The minimum atomic E-state index is 0.269. The zero-order valence-electron chi connectivity index (χ0n) is 28.3. The van der Waals surface area contributed by atoms with Crippen molar-refractivity contribution in [2.45, 2.75) is 65.6 Å². The minimum absolute atomic E-state index is 0.269. The molecule has 13 nitrogen and oxygen atoms in total. The number of nitrogens with zero attached hydrogens (tertiary/aromatic N) is 10. The summed E-state index contributed by atoms with van der Waals surface area (Å²) in [6.07, 6.45) is 13.0. The molecule has 7 rings (SSSR count). The fourth-order valence-electron chi connectivity index (χ4n) is 6.78. The molecule has 0 bridgehead atoms. The van der Waals surface area contributed by atoms with Gasteiger partial charge in [0.05, 0.1) is 30.9 Å². The largest absolute Gasteiger partial charge is 0.467 e. The van der Waals surface area contributed by atoms with E-state index in [4.69, 9.17) is 14.5 Å². The summed E-state index contributed by atoms with van der Waals surface area (Å²) in [7, 11) is 3.15. The molecule has 0 atom stereocenters. The quantitative estimate of drug-likeness (QED) is 0.208. The third-order valence-electron chi connectivity index (χ3n) is 9.44. The Kier molecular flexibility index (Phi) is 8.61. The van der Waals surface area contributed by atoms with Crippen molar-refractivity contribution >= 4 is 22.5 Å². The maximum Gasteiger partial charge on any atom is 0.316 e. The smallest absolute Gasteiger partial charge is 0.316 e. The first-order valence-electron chi connectivity index (χ1n) is 16.3. The molecule has 13 heteroatoms. The number of pyridine rings is 2. The van der Waals surface area contributed by atoms with Crippen LogP contribution in [0.4, 0.5) is 5.82 Å². The lowest BCUT2D eigenvalue weighted by Gasteiger charge is -2.39. The highest BCUT2D eigenvalue weighted by molar-refractivity contribution is 5.90. The summed E-state index contributed by atoms with van der Waals surface area (Å²) in [5.41, 5.74) is 10.8. The van der Waals surface area contributed by atoms with Crippen molar-refractivity contribution in [3.05, 3.63) is 77.3 Å². The number of H-pyrrole nitrogens is 1. The zero-order chi connectivity index (χ0) is 33.4. The van der Waals surface area contributed by atoms with Crippen LogP contribution >= 0.6 is 0 Å². The van der Waals surface area contributed by atoms with Crippen molar-refractivity contribution < 1.29 is 9.47 Å². The Morgan fingerprint density at radius 3 is 2.08 bits per heavy atom. The van der Waals surface area contributed by atoms with Crippen LogP contribution in [-0.2, 0) is 13.1 Å². The first-order valence-corrected chi connectivity index (χ1v) is 16.3. The Morgan fingerprint density at radius 1 is 0.875 bits per heavy atom. The van der Waals surface area contributed by atoms with Gasteiger partial charge in [-0.25, -0.2) is 34.4 Å². The summed E-state index contributed by atoms with van der Waals surface area (Å²) in [6, 6.07) is 5.39. The molecule has 1 fully saturated rings. The van der Waals surface area contributed by atoms with E-state index in [1.807, 2.05) is 29.3 Å². The van der Waals surface area contributed by atoms with Crippen LogP contribution in [0.25, 0.3) is 27.9 Å². The van der Waals surface area contributed by atoms with Gasteiger partial charge in [0.15, 0.2) is 5.65 Å². The zero-order valence-corrected chi connectivity index (χ0v) is 28.3. The number of rotatable bonds is 10. The SMILES string of the molecule is COc1ncc(CN(Cc2cnc(OC)nc2)C2CCN(c3ccc4[nH]c(-c5cn6ncnc6c(C)c5C)c(C(C)C)c4n3)CC2)cn1. The molecule has 6 aromatic heterocycles. The summed E-state index contributed by atoms with van der Waals surface area (Å²) >= 11 is 0. The van der Waals surface area contributed by atoms with Crippen LogP contribution in [0.5, 0.6) is 12.0 Å². The number of hydrogen-bond donors (Lipinski definition) is 1. The van der Waals surface area contributed by atoms with Gasteiger partial charge in [-0.3, -0.25) is 4.90 Å². The first kappa shape index (κ1) is 31.4. The molecule has 0 unspecified atom stereocenters. The third-order valence-corrected chi connectivity index (χ3v) is 9.44. The molecular weight excluding hydrogens is 606 g/mol. The molecular formula is C35H41N11O2. The highest BCUT2D eigenvalue weighted by atomic mass is 16.5. The van der Waals surface area contributed by atoms with Crippen molar-refractivity contribution in [3.8, 4) is 23.3 Å².